The summed E-state index contributed by atoms with van der Waals surface area (Å²) in [6, 6.07) is 11.4. The molecule has 0 saturated carbocycles. The molecule has 19 heavy (non-hydrogen) atoms. The van der Waals surface area contributed by atoms with Crippen molar-refractivity contribution in [3.8, 4) is 5.75 Å². The molecule has 0 aliphatic rings. The molecule has 1 aromatic carbocycles. The van der Waals surface area contributed by atoms with Gasteiger partial charge in [-0.2, -0.15) is 0 Å². The summed E-state index contributed by atoms with van der Waals surface area (Å²) in [7, 11) is 3.44. The van der Waals surface area contributed by atoms with Crippen molar-refractivity contribution in [3.63, 3.8) is 0 Å². The van der Waals surface area contributed by atoms with E-state index in [0.717, 1.165) is 20.0 Å². The molecule has 0 spiro atoms. The molecule has 5 heteroatoms. The number of carbonyl (C=O) groups is 1. The lowest BCUT2D eigenvalue weighted by Crippen LogP contribution is -2.25. The van der Waals surface area contributed by atoms with Crippen LogP contribution < -0.4 is 4.74 Å². The normalized spacial score (nSPS) is 10.3. The van der Waals surface area contributed by atoms with Gasteiger partial charge in [0.05, 0.1) is 15.8 Å². The van der Waals surface area contributed by atoms with E-state index in [0.29, 0.717) is 6.54 Å². The van der Waals surface area contributed by atoms with Gasteiger partial charge >= 0.3 is 0 Å². The molecular formula is C14H14BrNO2S. The zero-order valence-electron chi connectivity index (χ0n) is 10.7. The van der Waals surface area contributed by atoms with Crippen molar-refractivity contribution in [1.82, 2.24) is 4.90 Å². The molecule has 100 valence electrons. The standard InChI is InChI=1S/C14H14BrNO2S/c1-16(14(17)12-7-8-13(15)19-12)9-10-3-5-11(18-2)6-4-10/h3-8H,9H2,1-2H3. The zero-order valence-corrected chi connectivity index (χ0v) is 13.1. The highest BCUT2D eigenvalue weighted by Crippen LogP contribution is 2.23. The van der Waals surface area contributed by atoms with Crippen LogP contribution in [0.1, 0.15) is 15.2 Å². The molecule has 0 radical (unpaired) electrons. The van der Waals surface area contributed by atoms with Crippen LogP contribution >= 0.6 is 27.3 Å². The van der Waals surface area contributed by atoms with Crippen molar-refractivity contribution in [3.05, 3.63) is 50.6 Å². The van der Waals surface area contributed by atoms with Gasteiger partial charge in [-0.3, -0.25) is 4.79 Å². The summed E-state index contributed by atoms with van der Waals surface area (Å²) in [6.07, 6.45) is 0. The highest BCUT2D eigenvalue weighted by molar-refractivity contribution is 9.11. The summed E-state index contributed by atoms with van der Waals surface area (Å²) in [5.41, 5.74) is 1.08. The number of nitrogens with zero attached hydrogens (tertiary/aromatic N) is 1. The average molecular weight is 340 g/mol. The first kappa shape index (κ1) is 14.1. The first-order chi connectivity index (χ1) is 9.10. The van der Waals surface area contributed by atoms with Crippen molar-refractivity contribution in [2.24, 2.45) is 0 Å². The second-order valence-corrected chi connectivity index (χ2v) is 6.58. The summed E-state index contributed by atoms with van der Waals surface area (Å²) < 4.78 is 6.08. The number of hydrogen-bond donors (Lipinski definition) is 0. The number of ether oxygens (including phenoxy) is 1. The fourth-order valence-corrected chi connectivity index (χ4v) is 3.07. The molecule has 0 saturated heterocycles. The largest absolute Gasteiger partial charge is 0.497 e. The lowest BCUT2D eigenvalue weighted by molar-refractivity contribution is 0.0790. The number of benzene rings is 1. The van der Waals surface area contributed by atoms with Crippen molar-refractivity contribution in [1.29, 1.82) is 0 Å². The topological polar surface area (TPSA) is 29.5 Å². The molecule has 0 atom stereocenters. The van der Waals surface area contributed by atoms with Crippen molar-refractivity contribution >= 4 is 33.2 Å². The summed E-state index contributed by atoms with van der Waals surface area (Å²) in [4.78, 5) is 14.6. The van der Waals surface area contributed by atoms with Crippen molar-refractivity contribution < 1.29 is 9.53 Å². The maximum Gasteiger partial charge on any atom is 0.264 e. The number of halogens is 1. The lowest BCUT2D eigenvalue weighted by Gasteiger charge is -2.16. The molecular weight excluding hydrogens is 326 g/mol. The van der Waals surface area contributed by atoms with Crippen LogP contribution in [0.15, 0.2) is 40.2 Å². The molecule has 0 N–H and O–H groups in total. The number of rotatable bonds is 4. The van der Waals surface area contributed by atoms with Crippen molar-refractivity contribution in [2.75, 3.05) is 14.2 Å². The van der Waals surface area contributed by atoms with Gasteiger partial charge in [0.25, 0.3) is 5.91 Å². The first-order valence-electron chi connectivity index (χ1n) is 5.74. The Labute approximate surface area is 124 Å². The second-order valence-electron chi connectivity index (χ2n) is 4.11. The first-order valence-corrected chi connectivity index (χ1v) is 7.35. The Kier molecular flexibility index (Phi) is 4.61. The van der Waals surface area contributed by atoms with Crippen molar-refractivity contribution in [2.45, 2.75) is 6.54 Å². The number of carbonyl (C=O) groups excluding carboxylic acids is 1. The van der Waals surface area contributed by atoms with Crippen LogP contribution in [-0.4, -0.2) is 25.0 Å². The van der Waals surface area contributed by atoms with E-state index in [1.54, 1.807) is 19.1 Å². The molecule has 1 aromatic heterocycles. The van der Waals surface area contributed by atoms with Crippen LogP contribution in [0, 0.1) is 0 Å². The summed E-state index contributed by atoms with van der Waals surface area (Å²) in [5.74, 6) is 0.853. The van der Waals surface area contributed by atoms with E-state index in [-0.39, 0.29) is 5.91 Å². The third-order valence-electron chi connectivity index (χ3n) is 2.71. The molecule has 1 amide bonds. The molecule has 0 unspecified atom stereocenters. The van der Waals surface area contributed by atoms with Crippen LogP contribution in [0.3, 0.4) is 0 Å². The van der Waals surface area contributed by atoms with Gasteiger partial charge in [0.1, 0.15) is 5.75 Å². The summed E-state index contributed by atoms with van der Waals surface area (Å²) >= 11 is 4.81. The summed E-state index contributed by atoms with van der Waals surface area (Å²) in [6.45, 7) is 0.582. The van der Waals surface area contributed by atoms with Gasteiger partial charge in [0.2, 0.25) is 0 Å². The van der Waals surface area contributed by atoms with Crippen LogP contribution in [0.4, 0.5) is 0 Å². The molecule has 0 aliphatic heterocycles. The monoisotopic (exact) mass is 339 g/mol. The fourth-order valence-electron chi connectivity index (χ4n) is 1.69. The van der Waals surface area contributed by atoms with Crippen LogP contribution in [0.25, 0.3) is 0 Å². The maximum absolute atomic E-state index is 12.2. The van der Waals surface area contributed by atoms with Gasteiger partial charge in [-0.1, -0.05) is 12.1 Å². The minimum Gasteiger partial charge on any atom is -0.497 e. The summed E-state index contributed by atoms with van der Waals surface area (Å²) in [5, 5.41) is 0. The molecule has 2 aromatic rings. The molecule has 1 heterocycles. The predicted molar refractivity (Wildman–Crippen MR) is 80.8 cm³/mol. The number of hydrogen-bond acceptors (Lipinski definition) is 3. The third-order valence-corrected chi connectivity index (χ3v) is 4.32. The van der Waals surface area contributed by atoms with Gasteiger partial charge in [0, 0.05) is 13.6 Å². The third kappa shape index (κ3) is 3.58. The highest BCUT2D eigenvalue weighted by Gasteiger charge is 2.14. The average Bonchev–Trinajstić information content (AvgIpc) is 2.85. The van der Waals surface area contributed by atoms with E-state index < -0.39 is 0 Å². The van der Waals surface area contributed by atoms with E-state index >= 15 is 0 Å². The van der Waals surface area contributed by atoms with E-state index in [9.17, 15) is 4.79 Å². The Bertz CT molecular complexity index is 565. The van der Waals surface area contributed by atoms with Crippen LogP contribution in [0.2, 0.25) is 0 Å². The molecule has 3 nitrogen and oxygen atoms in total. The van der Waals surface area contributed by atoms with E-state index in [4.69, 9.17) is 4.74 Å². The molecule has 0 fully saturated rings. The Hall–Kier alpha value is -1.33. The van der Waals surface area contributed by atoms with Crippen LogP contribution in [-0.2, 0) is 6.54 Å². The van der Waals surface area contributed by atoms with Gasteiger partial charge < -0.3 is 9.64 Å². The number of amides is 1. The zero-order chi connectivity index (χ0) is 13.8. The highest BCUT2D eigenvalue weighted by atomic mass is 79.9. The predicted octanol–water partition coefficient (Wildman–Crippen LogP) is 3.79. The lowest BCUT2D eigenvalue weighted by atomic mass is 10.2. The SMILES string of the molecule is COc1ccc(CN(C)C(=O)c2ccc(Br)s2)cc1. The van der Waals surface area contributed by atoms with E-state index in [1.165, 1.54) is 11.3 Å². The Balaban J connectivity index is 2.03. The number of methoxy groups -OCH3 is 1. The van der Waals surface area contributed by atoms with Gasteiger partial charge in [-0.05, 0) is 45.8 Å². The Morgan fingerprint density at radius 1 is 1.26 bits per heavy atom. The molecule has 0 bridgehead atoms. The smallest absolute Gasteiger partial charge is 0.264 e. The molecule has 2 rings (SSSR count). The minimum absolute atomic E-state index is 0.0338. The van der Waals surface area contributed by atoms with Gasteiger partial charge in [-0.25, -0.2) is 0 Å². The van der Waals surface area contributed by atoms with Gasteiger partial charge in [-0.15, -0.1) is 11.3 Å². The fraction of sp³-hybridized carbons (Fsp3) is 0.214. The van der Waals surface area contributed by atoms with E-state index in [1.807, 2.05) is 36.4 Å². The van der Waals surface area contributed by atoms with E-state index in [2.05, 4.69) is 15.9 Å². The Morgan fingerprint density at radius 2 is 1.95 bits per heavy atom. The quantitative estimate of drug-likeness (QED) is 0.847. The maximum atomic E-state index is 12.2. The Morgan fingerprint density at radius 3 is 2.47 bits per heavy atom. The van der Waals surface area contributed by atoms with Crippen LogP contribution in [0.5, 0.6) is 5.75 Å². The van der Waals surface area contributed by atoms with Gasteiger partial charge in [0.15, 0.2) is 0 Å². The second kappa shape index (κ2) is 6.21. The molecule has 0 aliphatic carbocycles. The minimum atomic E-state index is 0.0338. The number of thiophene rings is 1.